The Labute approximate surface area is 124 Å². The SMILES string of the molecule is Cc1cc(Nc2cnc(C)c3c2C2CCC3C2)ccc1F. The lowest BCUT2D eigenvalue weighted by molar-refractivity contribution is 0.619. The predicted octanol–water partition coefficient (Wildman–Crippen LogP) is 4.95. The highest BCUT2D eigenvalue weighted by atomic mass is 19.1. The number of benzene rings is 1. The zero-order chi connectivity index (χ0) is 14.6. The average Bonchev–Trinajstić information content (AvgIpc) is 3.07. The van der Waals surface area contributed by atoms with Crippen molar-refractivity contribution in [2.24, 2.45) is 0 Å². The number of fused-ring (bicyclic) bond motifs is 5. The lowest BCUT2D eigenvalue weighted by Crippen LogP contribution is -2.06. The average molecular weight is 282 g/mol. The normalized spacial score (nSPS) is 22.4. The molecule has 3 heteroatoms. The summed E-state index contributed by atoms with van der Waals surface area (Å²) in [6, 6.07) is 5.17. The lowest BCUT2D eigenvalue weighted by Gasteiger charge is -2.21. The van der Waals surface area contributed by atoms with Crippen molar-refractivity contribution < 1.29 is 4.39 Å². The number of halogens is 1. The Morgan fingerprint density at radius 3 is 2.67 bits per heavy atom. The first-order valence-corrected chi connectivity index (χ1v) is 7.66. The molecular weight excluding hydrogens is 263 g/mol. The third-order valence-corrected chi connectivity index (χ3v) is 5.04. The van der Waals surface area contributed by atoms with Crippen molar-refractivity contribution in [3.8, 4) is 0 Å². The van der Waals surface area contributed by atoms with Crippen LogP contribution in [0.1, 0.15) is 53.5 Å². The molecule has 1 aromatic carbocycles. The van der Waals surface area contributed by atoms with Gasteiger partial charge >= 0.3 is 0 Å². The molecule has 1 fully saturated rings. The molecule has 0 amide bonds. The van der Waals surface area contributed by atoms with Gasteiger partial charge in [0.15, 0.2) is 0 Å². The minimum absolute atomic E-state index is 0.160. The van der Waals surface area contributed by atoms with E-state index in [0.717, 1.165) is 11.4 Å². The van der Waals surface area contributed by atoms with E-state index in [1.807, 2.05) is 12.3 Å². The molecule has 2 unspecified atom stereocenters. The number of aryl methyl sites for hydroxylation is 2. The molecule has 1 N–H and O–H groups in total. The highest BCUT2D eigenvalue weighted by Gasteiger charge is 2.39. The number of pyridine rings is 1. The van der Waals surface area contributed by atoms with E-state index in [0.29, 0.717) is 17.4 Å². The zero-order valence-electron chi connectivity index (χ0n) is 12.4. The fraction of sp³-hybridized carbons (Fsp3) is 0.389. The fourth-order valence-corrected chi connectivity index (χ4v) is 4.08. The fourth-order valence-electron chi connectivity index (χ4n) is 4.08. The van der Waals surface area contributed by atoms with E-state index in [-0.39, 0.29) is 5.82 Å². The van der Waals surface area contributed by atoms with Crippen LogP contribution in [0.25, 0.3) is 0 Å². The van der Waals surface area contributed by atoms with Gasteiger partial charge in [-0.05, 0) is 79.8 Å². The van der Waals surface area contributed by atoms with E-state index in [4.69, 9.17) is 0 Å². The molecule has 2 aromatic rings. The summed E-state index contributed by atoms with van der Waals surface area (Å²) in [5.41, 5.74) is 6.81. The molecule has 108 valence electrons. The Kier molecular flexibility index (Phi) is 2.78. The smallest absolute Gasteiger partial charge is 0.126 e. The van der Waals surface area contributed by atoms with Crippen LogP contribution in [0.2, 0.25) is 0 Å². The number of hydrogen-bond donors (Lipinski definition) is 1. The van der Waals surface area contributed by atoms with E-state index < -0.39 is 0 Å². The Morgan fingerprint density at radius 2 is 1.90 bits per heavy atom. The van der Waals surface area contributed by atoms with Gasteiger partial charge in [-0.25, -0.2) is 4.39 Å². The second kappa shape index (κ2) is 4.55. The monoisotopic (exact) mass is 282 g/mol. The van der Waals surface area contributed by atoms with Crippen LogP contribution in [0.15, 0.2) is 24.4 Å². The Bertz CT molecular complexity index is 723. The van der Waals surface area contributed by atoms with Crippen molar-refractivity contribution in [1.29, 1.82) is 0 Å². The van der Waals surface area contributed by atoms with Crippen molar-refractivity contribution in [3.63, 3.8) is 0 Å². The number of nitrogens with one attached hydrogen (secondary N) is 1. The predicted molar refractivity (Wildman–Crippen MR) is 82.7 cm³/mol. The van der Waals surface area contributed by atoms with E-state index in [2.05, 4.69) is 17.2 Å². The largest absolute Gasteiger partial charge is 0.354 e. The molecule has 2 nitrogen and oxygen atoms in total. The number of hydrogen-bond acceptors (Lipinski definition) is 2. The summed E-state index contributed by atoms with van der Waals surface area (Å²) in [5.74, 6) is 1.22. The maximum Gasteiger partial charge on any atom is 0.126 e. The van der Waals surface area contributed by atoms with Crippen LogP contribution >= 0.6 is 0 Å². The van der Waals surface area contributed by atoms with Gasteiger partial charge in [-0.3, -0.25) is 4.98 Å². The van der Waals surface area contributed by atoms with Gasteiger partial charge in [-0.2, -0.15) is 0 Å². The first-order valence-electron chi connectivity index (χ1n) is 7.66. The molecule has 2 bridgehead atoms. The van der Waals surface area contributed by atoms with E-state index in [1.54, 1.807) is 13.0 Å². The van der Waals surface area contributed by atoms with Gasteiger partial charge in [0.2, 0.25) is 0 Å². The van der Waals surface area contributed by atoms with Crippen LogP contribution in [0.4, 0.5) is 15.8 Å². The number of anilines is 2. The van der Waals surface area contributed by atoms with Crippen LogP contribution in [-0.2, 0) is 0 Å². The topological polar surface area (TPSA) is 24.9 Å². The first-order chi connectivity index (χ1) is 10.1. The molecule has 21 heavy (non-hydrogen) atoms. The molecule has 0 saturated heterocycles. The number of aromatic nitrogens is 1. The van der Waals surface area contributed by atoms with Crippen LogP contribution in [-0.4, -0.2) is 4.98 Å². The maximum atomic E-state index is 13.4. The van der Waals surface area contributed by atoms with Crippen molar-refractivity contribution in [3.05, 3.63) is 52.6 Å². The van der Waals surface area contributed by atoms with Crippen molar-refractivity contribution in [2.45, 2.75) is 44.9 Å². The van der Waals surface area contributed by atoms with E-state index in [1.165, 1.54) is 42.1 Å². The standard InChI is InChI=1S/C18H19FN2/c1-10-7-14(5-6-15(10)19)21-16-9-20-11(2)17-12-3-4-13(8-12)18(16)17/h5-7,9,12-13,21H,3-4,8H2,1-2H3. The third-order valence-electron chi connectivity index (χ3n) is 5.04. The van der Waals surface area contributed by atoms with Gasteiger partial charge < -0.3 is 5.32 Å². The van der Waals surface area contributed by atoms with E-state index in [9.17, 15) is 4.39 Å². The third kappa shape index (κ3) is 1.95. The summed E-state index contributed by atoms with van der Waals surface area (Å²) in [5, 5.41) is 3.46. The summed E-state index contributed by atoms with van der Waals surface area (Å²) >= 11 is 0. The van der Waals surface area contributed by atoms with Gasteiger partial charge in [0, 0.05) is 11.4 Å². The second-order valence-electron chi connectivity index (χ2n) is 6.38. The van der Waals surface area contributed by atoms with E-state index >= 15 is 0 Å². The summed E-state index contributed by atoms with van der Waals surface area (Å²) in [6.07, 6.45) is 5.81. The molecule has 0 radical (unpaired) electrons. The van der Waals surface area contributed by atoms with Gasteiger partial charge in [0.25, 0.3) is 0 Å². The van der Waals surface area contributed by atoms with Crippen LogP contribution in [0.3, 0.4) is 0 Å². The van der Waals surface area contributed by atoms with Crippen LogP contribution in [0.5, 0.6) is 0 Å². The highest BCUT2D eigenvalue weighted by molar-refractivity contribution is 5.68. The molecule has 1 heterocycles. The molecule has 0 spiro atoms. The number of rotatable bonds is 2. The molecular formula is C18H19FN2. The van der Waals surface area contributed by atoms with Gasteiger partial charge in [0.05, 0.1) is 11.9 Å². The van der Waals surface area contributed by atoms with Gasteiger partial charge in [0.1, 0.15) is 5.82 Å². The summed E-state index contributed by atoms with van der Waals surface area (Å²) < 4.78 is 13.4. The zero-order valence-corrected chi connectivity index (χ0v) is 12.4. The van der Waals surface area contributed by atoms with Gasteiger partial charge in [-0.1, -0.05) is 0 Å². The molecule has 0 aliphatic heterocycles. The summed E-state index contributed by atoms with van der Waals surface area (Å²) in [4.78, 5) is 4.57. The molecule has 2 aliphatic rings. The minimum atomic E-state index is -0.160. The number of nitrogens with zero attached hydrogens (tertiary/aromatic N) is 1. The second-order valence-corrected chi connectivity index (χ2v) is 6.38. The van der Waals surface area contributed by atoms with Crippen molar-refractivity contribution in [2.75, 3.05) is 5.32 Å². The van der Waals surface area contributed by atoms with Gasteiger partial charge in [-0.15, -0.1) is 0 Å². The highest BCUT2D eigenvalue weighted by Crippen LogP contribution is 2.56. The molecule has 4 rings (SSSR count). The molecule has 2 atom stereocenters. The van der Waals surface area contributed by atoms with Crippen molar-refractivity contribution in [1.82, 2.24) is 4.98 Å². The molecule has 1 saturated carbocycles. The Hall–Kier alpha value is -1.90. The Morgan fingerprint density at radius 1 is 1.14 bits per heavy atom. The molecule has 1 aromatic heterocycles. The molecule has 2 aliphatic carbocycles. The van der Waals surface area contributed by atoms with Crippen LogP contribution < -0.4 is 5.32 Å². The summed E-state index contributed by atoms with van der Waals surface area (Å²) in [6.45, 7) is 3.91. The maximum absolute atomic E-state index is 13.4. The Balaban J connectivity index is 1.75. The summed E-state index contributed by atoms with van der Waals surface area (Å²) in [7, 11) is 0. The minimum Gasteiger partial charge on any atom is -0.354 e. The quantitative estimate of drug-likeness (QED) is 0.843. The first kappa shape index (κ1) is 12.8. The van der Waals surface area contributed by atoms with Crippen molar-refractivity contribution >= 4 is 11.4 Å². The lowest BCUT2D eigenvalue weighted by atomic mass is 9.90. The van der Waals surface area contributed by atoms with Crippen LogP contribution in [0, 0.1) is 19.7 Å².